The maximum Gasteiger partial charge on any atom is 0.155 e. The molecule has 1 saturated heterocycles. The first-order valence-corrected chi connectivity index (χ1v) is 6.12. The second-order valence-electron chi connectivity index (χ2n) is 4.23. The first kappa shape index (κ1) is 10.9. The number of hydrogen-bond donors (Lipinski definition) is 1. The van der Waals surface area contributed by atoms with E-state index in [2.05, 4.69) is 10.3 Å². The van der Waals surface area contributed by atoms with Crippen LogP contribution in [0.2, 0.25) is 5.15 Å². The second kappa shape index (κ2) is 4.20. The highest BCUT2D eigenvalue weighted by Crippen LogP contribution is 2.28. The largest absolute Gasteiger partial charge is 0.497 e. The molecule has 0 aliphatic carbocycles. The molecule has 4 nitrogen and oxygen atoms in total. The van der Waals surface area contributed by atoms with Crippen molar-refractivity contribution in [3.05, 3.63) is 29.3 Å². The smallest absolute Gasteiger partial charge is 0.155 e. The van der Waals surface area contributed by atoms with Gasteiger partial charge in [-0.25, -0.2) is 4.98 Å². The van der Waals surface area contributed by atoms with Crippen LogP contribution in [0, 0.1) is 0 Å². The highest BCUT2D eigenvalue weighted by Gasteiger charge is 2.22. The van der Waals surface area contributed by atoms with Gasteiger partial charge in [0.25, 0.3) is 0 Å². The van der Waals surface area contributed by atoms with Gasteiger partial charge in [0.2, 0.25) is 0 Å². The molecule has 1 aliphatic heterocycles. The van der Waals surface area contributed by atoms with Gasteiger partial charge in [-0.3, -0.25) is 0 Å². The van der Waals surface area contributed by atoms with Crippen LogP contribution in [0.15, 0.2) is 18.3 Å². The number of imidazole rings is 1. The molecule has 1 aliphatic rings. The van der Waals surface area contributed by atoms with Gasteiger partial charge in [0.05, 0.1) is 18.7 Å². The van der Waals surface area contributed by atoms with E-state index < -0.39 is 0 Å². The van der Waals surface area contributed by atoms with Crippen LogP contribution in [-0.2, 0) is 0 Å². The third-order valence-electron chi connectivity index (χ3n) is 3.20. The van der Waals surface area contributed by atoms with Gasteiger partial charge in [0.15, 0.2) is 5.15 Å². The Morgan fingerprint density at radius 3 is 3.18 bits per heavy atom. The normalized spacial score (nSPS) is 20.0. The van der Waals surface area contributed by atoms with Crippen molar-refractivity contribution in [2.45, 2.75) is 18.9 Å². The average molecular weight is 252 g/mol. The Morgan fingerprint density at radius 2 is 2.47 bits per heavy atom. The quantitative estimate of drug-likeness (QED) is 0.891. The summed E-state index contributed by atoms with van der Waals surface area (Å²) < 4.78 is 7.23. The van der Waals surface area contributed by atoms with E-state index in [1.54, 1.807) is 7.11 Å². The minimum Gasteiger partial charge on any atom is -0.497 e. The molecule has 1 N–H and O–H groups in total. The van der Waals surface area contributed by atoms with E-state index >= 15 is 0 Å². The molecule has 1 unspecified atom stereocenters. The molecule has 2 aromatic heterocycles. The summed E-state index contributed by atoms with van der Waals surface area (Å²) in [4.78, 5) is 4.46. The third-order valence-corrected chi connectivity index (χ3v) is 3.48. The fourth-order valence-corrected chi connectivity index (χ4v) is 2.56. The number of fused-ring (bicyclic) bond motifs is 1. The van der Waals surface area contributed by atoms with Crippen LogP contribution in [0.5, 0.6) is 5.75 Å². The number of rotatable bonds is 2. The Balaban J connectivity index is 2.13. The highest BCUT2D eigenvalue weighted by molar-refractivity contribution is 6.32. The zero-order chi connectivity index (χ0) is 11.8. The molecule has 17 heavy (non-hydrogen) atoms. The van der Waals surface area contributed by atoms with Crippen LogP contribution < -0.4 is 10.1 Å². The van der Waals surface area contributed by atoms with Crippen LogP contribution in [0.4, 0.5) is 0 Å². The summed E-state index contributed by atoms with van der Waals surface area (Å²) >= 11 is 6.17. The lowest BCUT2D eigenvalue weighted by atomic mass is 10.2. The molecule has 0 amide bonds. The van der Waals surface area contributed by atoms with E-state index in [1.807, 2.05) is 22.7 Å². The summed E-state index contributed by atoms with van der Waals surface area (Å²) in [5.41, 5.74) is 0.898. The number of ether oxygens (including phenoxy) is 1. The molecule has 1 atom stereocenters. The minimum atomic E-state index is 0.309. The molecule has 0 bridgehead atoms. The number of nitrogens with zero attached hydrogens (tertiary/aromatic N) is 2. The van der Waals surface area contributed by atoms with Gasteiger partial charge in [-0.1, -0.05) is 11.6 Å². The average Bonchev–Trinajstić information content (AvgIpc) is 2.97. The summed E-state index contributed by atoms with van der Waals surface area (Å²) in [7, 11) is 1.65. The minimum absolute atomic E-state index is 0.309. The molecule has 3 heterocycles. The van der Waals surface area contributed by atoms with Gasteiger partial charge in [-0.05, 0) is 25.5 Å². The third kappa shape index (κ3) is 1.77. The fourth-order valence-electron chi connectivity index (χ4n) is 2.33. The zero-order valence-electron chi connectivity index (χ0n) is 9.61. The van der Waals surface area contributed by atoms with E-state index in [1.165, 1.54) is 6.42 Å². The molecule has 0 radical (unpaired) electrons. The number of nitrogens with one attached hydrogen (secondary N) is 1. The molecule has 2 aromatic rings. The van der Waals surface area contributed by atoms with Gasteiger partial charge < -0.3 is 14.5 Å². The van der Waals surface area contributed by atoms with Crippen LogP contribution in [0.25, 0.3) is 5.52 Å². The lowest BCUT2D eigenvalue weighted by molar-refractivity contribution is 0.414. The molecular formula is C12H14ClN3O. The molecule has 1 fully saturated rings. The van der Waals surface area contributed by atoms with Crippen molar-refractivity contribution < 1.29 is 4.74 Å². The van der Waals surface area contributed by atoms with E-state index in [0.29, 0.717) is 11.2 Å². The summed E-state index contributed by atoms with van der Waals surface area (Å²) in [6, 6.07) is 4.14. The summed E-state index contributed by atoms with van der Waals surface area (Å²) in [5.74, 6) is 1.79. The van der Waals surface area contributed by atoms with Crippen molar-refractivity contribution in [2.24, 2.45) is 0 Å². The van der Waals surface area contributed by atoms with E-state index in [-0.39, 0.29) is 0 Å². The van der Waals surface area contributed by atoms with E-state index in [9.17, 15) is 0 Å². The van der Waals surface area contributed by atoms with Crippen molar-refractivity contribution in [3.63, 3.8) is 0 Å². The molecule has 0 spiro atoms. The Labute approximate surface area is 105 Å². The van der Waals surface area contributed by atoms with Crippen molar-refractivity contribution >= 4 is 17.1 Å². The number of pyridine rings is 1. The maximum atomic E-state index is 6.17. The molecular weight excluding hydrogens is 238 g/mol. The van der Waals surface area contributed by atoms with Crippen LogP contribution in [0.3, 0.4) is 0 Å². The number of hydrogen-bond acceptors (Lipinski definition) is 3. The zero-order valence-corrected chi connectivity index (χ0v) is 10.4. The predicted octanol–water partition coefficient (Wildman–Crippen LogP) is 2.42. The summed E-state index contributed by atoms with van der Waals surface area (Å²) in [5, 5.41) is 3.97. The highest BCUT2D eigenvalue weighted by atomic mass is 35.5. The number of methoxy groups -OCH3 is 1. The van der Waals surface area contributed by atoms with E-state index in [4.69, 9.17) is 16.3 Å². The topological polar surface area (TPSA) is 38.6 Å². The maximum absolute atomic E-state index is 6.17. The fraction of sp³-hybridized carbons (Fsp3) is 0.417. The first-order valence-electron chi connectivity index (χ1n) is 5.74. The standard InChI is InChI=1S/C12H14ClN3O/c1-17-8-4-6-16-10(7-8)11(13)15-12(16)9-3-2-5-14-9/h4,6-7,9,14H,2-3,5H2,1H3. The molecule has 0 saturated carbocycles. The lowest BCUT2D eigenvalue weighted by Gasteiger charge is -2.09. The van der Waals surface area contributed by atoms with Gasteiger partial charge in [0.1, 0.15) is 11.6 Å². The SMILES string of the molecule is COc1ccn2c(C3CCCN3)nc(Cl)c2c1. The number of aromatic nitrogens is 2. The lowest BCUT2D eigenvalue weighted by Crippen LogP contribution is -2.15. The van der Waals surface area contributed by atoms with Crippen molar-refractivity contribution in [3.8, 4) is 5.75 Å². The number of halogens is 1. The molecule has 0 aromatic carbocycles. The van der Waals surface area contributed by atoms with Crippen LogP contribution in [-0.4, -0.2) is 23.0 Å². The van der Waals surface area contributed by atoms with E-state index in [0.717, 1.165) is 30.1 Å². The molecule has 90 valence electrons. The first-order chi connectivity index (χ1) is 8.29. The van der Waals surface area contributed by atoms with Crippen molar-refractivity contribution in [1.82, 2.24) is 14.7 Å². The van der Waals surface area contributed by atoms with Gasteiger partial charge in [0, 0.05) is 12.3 Å². The Hall–Kier alpha value is -1.26. The van der Waals surface area contributed by atoms with Gasteiger partial charge >= 0.3 is 0 Å². The van der Waals surface area contributed by atoms with Crippen molar-refractivity contribution in [2.75, 3.05) is 13.7 Å². The van der Waals surface area contributed by atoms with Gasteiger partial charge in [-0.15, -0.1) is 0 Å². The second-order valence-corrected chi connectivity index (χ2v) is 4.59. The summed E-state index contributed by atoms with van der Waals surface area (Å²) in [6.07, 6.45) is 4.26. The van der Waals surface area contributed by atoms with Crippen LogP contribution in [0.1, 0.15) is 24.7 Å². The monoisotopic (exact) mass is 251 g/mol. The Kier molecular flexibility index (Phi) is 2.68. The summed E-state index contributed by atoms with van der Waals surface area (Å²) in [6.45, 7) is 1.05. The predicted molar refractivity (Wildman–Crippen MR) is 66.7 cm³/mol. The Morgan fingerprint density at radius 1 is 1.59 bits per heavy atom. The Bertz CT molecular complexity index is 546. The van der Waals surface area contributed by atoms with Crippen LogP contribution >= 0.6 is 11.6 Å². The molecule has 5 heteroatoms. The van der Waals surface area contributed by atoms with Gasteiger partial charge in [-0.2, -0.15) is 0 Å². The van der Waals surface area contributed by atoms with Crippen molar-refractivity contribution in [1.29, 1.82) is 0 Å². The molecule has 3 rings (SSSR count).